The zero-order valence-electron chi connectivity index (χ0n) is 14.7. The SMILES string of the molecule is CCCNC(CC)(CO)CCCN(C)C1CCN(C)CC1. The van der Waals surface area contributed by atoms with Gasteiger partial charge in [-0.3, -0.25) is 0 Å². The van der Waals surface area contributed by atoms with Crippen molar-refractivity contribution in [1.82, 2.24) is 15.1 Å². The van der Waals surface area contributed by atoms with Crippen molar-refractivity contribution < 1.29 is 5.11 Å². The number of likely N-dealkylation sites (tertiary alicyclic amines) is 1. The van der Waals surface area contributed by atoms with E-state index in [1.165, 1.54) is 25.9 Å². The largest absolute Gasteiger partial charge is 0.394 e. The van der Waals surface area contributed by atoms with Gasteiger partial charge >= 0.3 is 0 Å². The second kappa shape index (κ2) is 9.78. The molecule has 0 saturated carbocycles. The molecule has 1 heterocycles. The highest BCUT2D eigenvalue weighted by atomic mass is 16.3. The molecule has 2 N–H and O–H groups in total. The fourth-order valence-electron chi connectivity index (χ4n) is 3.31. The summed E-state index contributed by atoms with van der Waals surface area (Å²) in [7, 11) is 4.48. The summed E-state index contributed by atoms with van der Waals surface area (Å²) in [5.74, 6) is 0. The van der Waals surface area contributed by atoms with E-state index in [1.54, 1.807) is 0 Å². The Hall–Kier alpha value is -0.160. The first-order valence-electron chi connectivity index (χ1n) is 8.81. The average Bonchev–Trinajstić information content (AvgIpc) is 2.51. The number of rotatable bonds is 10. The molecule has 1 fully saturated rings. The van der Waals surface area contributed by atoms with Gasteiger partial charge in [-0.2, -0.15) is 0 Å². The molecule has 0 spiro atoms. The Labute approximate surface area is 131 Å². The van der Waals surface area contributed by atoms with Crippen molar-refractivity contribution in [2.45, 2.75) is 64.0 Å². The van der Waals surface area contributed by atoms with Crippen LogP contribution in [0.3, 0.4) is 0 Å². The minimum atomic E-state index is -0.0658. The minimum Gasteiger partial charge on any atom is -0.394 e. The molecule has 1 saturated heterocycles. The van der Waals surface area contributed by atoms with Crippen molar-refractivity contribution in [2.24, 2.45) is 0 Å². The highest BCUT2D eigenvalue weighted by Gasteiger charge is 2.26. The predicted octanol–water partition coefficient (Wildman–Crippen LogP) is 1.93. The third-order valence-corrected chi connectivity index (χ3v) is 5.21. The van der Waals surface area contributed by atoms with Crippen LogP contribution in [0.4, 0.5) is 0 Å². The van der Waals surface area contributed by atoms with Gasteiger partial charge in [0.2, 0.25) is 0 Å². The molecule has 4 heteroatoms. The van der Waals surface area contributed by atoms with E-state index in [1.807, 2.05) is 0 Å². The molecule has 0 bridgehead atoms. The molecule has 4 nitrogen and oxygen atoms in total. The Morgan fingerprint density at radius 3 is 2.48 bits per heavy atom. The summed E-state index contributed by atoms with van der Waals surface area (Å²) in [6, 6.07) is 0.745. The molecule has 1 aliphatic heterocycles. The Bertz CT molecular complexity index is 261. The quantitative estimate of drug-likeness (QED) is 0.646. The monoisotopic (exact) mass is 299 g/mol. The highest BCUT2D eigenvalue weighted by Crippen LogP contribution is 2.19. The highest BCUT2D eigenvalue weighted by molar-refractivity contribution is 4.86. The standard InChI is InChI=1S/C17H37N3O/c1-5-11-18-17(6-2,15-21)10-7-12-20(4)16-8-13-19(3)14-9-16/h16,18,21H,5-15H2,1-4H3. The lowest BCUT2D eigenvalue weighted by atomic mass is 9.90. The van der Waals surface area contributed by atoms with Crippen molar-refractivity contribution in [3.8, 4) is 0 Å². The first-order valence-corrected chi connectivity index (χ1v) is 8.81. The minimum absolute atomic E-state index is 0.0658. The lowest BCUT2D eigenvalue weighted by Gasteiger charge is -2.36. The van der Waals surface area contributed by atoms with Gasteiger partial charge in [0.05, 0.1) is 6.61 Å². The fraction of sp³-hybridized carbons (Fsp3) is 1.00. The van der Waals surface area contributed by atoms with Crippen molar-refractivity contribution >= 4 is 0 Å². The third-order valence-electron chi connectivity index (χ3n) is 5.21. The number of nitrogens with one attached hydrogen (secondary N) is 1. The Balaban J connectivity index is 2.32. The maximum absolute atomic E-state index is 9.76. The second-order valence-corrected chi connectivity index (χ2v) is 6.84. The Kier molecular flexibility index (Phi) is 8.79. The van der Waals surface area contributed by atoms with Gasteiger partial charge in [-0.25, -0.2) is 0 Å². The number of hydrogen-bond acceptors (Lipinski definition) is 4. The zero-order valence-corrected chi connectivity index (χ0v) is 14.7. The van der Waals surface area contributed by atoms with Gasteiger partial charge in [0.25, 0.3) is 0 Å². The summed E-state index contributed by atoms with van der Waals surface area (Å²) in [6.45, 7) is 9.20. The molecule has 0 aromatic carbocycles. The molecule has 126 valence electrons. The maximum atomic E-state index is 9.76. The van der Waals surface area contributed by atoms with E-state index < -0.39 is 0 Å². The molecule has 1 aliphatic rings. The van der Waals surface area contributed by atoms with Gasteiger partial charge in [0.15, 0.2) is 0 Å². The van der Waals surface area contributed by atoms with Gasteiger partial charge in [-0.1, -0.05) is 13.8 Å². The zero-order chi connectivity index (χ0) is 15.7. The molecule has 0 amide bonds. The maximum Gasteiger partial charge on any atom is 0.0613 e. The van der Waals surface area contributed by atoms with E-state index in [0.29, 0.717) is 0 Å². The van der Waals surface area contributed by atoms with Gasteiger partial charge in [0.1, 0.15) is 0 Å². The number of aliphatic hydroxyl groups excluding tert-OH is 1. The summed E-state index contributed by atoms with van der Waals surface area (Å²) in [5.41, 5.74) is -0.0658. The van der Waals surface area contributed by atoms with Crippen LogP contribution in [0.1, 0.15) is 52.4 Å². The van der Waals surface area contributed by atoms with E-state index in [-0.39, 0.29) is 12.1 Å². The smallest absolute Gasteiger partial charge is 0.0613 e. The summed E-state index contributed by atoms with van der Waals surface area (Å²) in [5, 5.41) is 13.3. The topological polar surface area (TPSA) is 38.7 Å². The van der Waals surface area contributed by atoms with Gasteiger partial charge < -0.3 is 20.2 Å². The van der Waals surface area contributed by atoms with Crippen molar-refractivity contribution in [2.75, 3.05) is 46.9 Å². The molecule has 21 heavy (non-hydrogen) atoms. The van der Waals surface area contributed by atoms with E-state index in [9.17, 15) is 5.11 Å². The molecule has 1 atom stereocenters. The molecule has 0 aromatic heterocycles. The van der Waals surface area contributed by atoms with Crippen LogP contribution in [-0.4, -0.2) is 73.4 Å². The lowest BCUT2D eigenvalue weighted by molar-refractivity contribution is 0.121. The van der Waals surface area contributed by atoms with Crippen LogP contribution >= 0.6 is 0 Å². The molecule has 0 aromatic rings. The molecule has 1 unspecified atom stereocenters. The van der Waals surface area contributed by atoms with Crippen LogP contribution in [0.2, 0.25) is 0 Å². The predicted molar refractivity (Wildman–Crippen MR) is 90.8 cm³/mol. The number of piperidine rings is 1. The fourth-order valence-corrected chi connectivity index (χ4v) is 3.31. The van der Waals surface area contributed by atoms with Gasteiger partial charge in [0, 0.05) is 11.6 Å². The van der Waals surface area contributed by atoms with Crippen molar-refractivity contribution in [3.05, 3.63) is 0 Å². The third kappa shape index (κ3) is 6.23. The van der Waals surface area contributed by atoms with E-state index >= 15 is 0 Å². The normalized spacial score (nSPS) is 20.9. The van der Waals surface area contributed by atoms with Gasteiger partial charge in [-0.05, 0) is 78.8 Å². The van der Waals surface area contributed by atoms with Crippen molar-refractivity contribution in [1.29, 1.82) is 0 Å². The first kappa shape index (κ1) is 18.9. The summed E-state index contributed by atoms with van der Waals surface area (Å²) in [4.78, 5) is 4.96. The van der Waals surface area contributed by atoms with Crippen molar-refractivity contribution in [3.63, 3.8) is 0 Å². The van der Waals surface area contributed by atoms with E-state index in [0.717, 1.165) is 44.8 Å². The van der Waals surface area contributed by atoms with Crippen LogP contribution < -0.4 is 5.32 Å². The summed E-state index contributed by atoms with van der Waals surface area (Å²) < 4.78 is 0. The number of hydrogen-bond donors (Lipinski definition) is 2. The van der Waals surface area contributed by atoms with E-state index in [2.05, 4.69) is 43.1 Å². The first-order chi connectivity index (χ1) is 10.1. The Morgan fingerprint density at radius 1 is 1.29 bits per heavy atom. The number of nitrogens with zero attached hydrogens (tertiary/aromatic N) is 2. The van der Waals surface area contributed by atoms with Gasteiger partial charge in [-0.15, -0.1) is 0 Å². The second-order valence-electron chi connectivity index (χ2n) is 6.84. The number of aliphatic hydroxyl groups is 1. The van der Waals surface area contributed by atoms with Crippen LogP contribution in [0.5, 0.6) is 0 Å². The molecule has 0 radical (unpaired) electrons. The van der Waals surface area contributed by atoms with Crippen LogP contribution in [-0.2, 0) is 0 Å². The van der Waals surface area contributed by atoms with Crippen LogP contribution in [0.15, 0.2) is 0 Å². The summed E-state index contributed by atoms with van der Waals surface area (Å²) >= 11 is 0. The average molecular weight is 300 g/mol. The molecule has 1 rings (SSSR count). The van der Waals surface area contributed by atoms with Crippen LogP contribution in [0.25, 0.3) is 0 Å². The molecule has 0 aliphatic carbocycles. The summed E-state index contributed by atoms with van der Waals surface area (Å²) in [6.07, 6.45) is 6.93. The molecular weight excluding hydrogens is 262 g/mol. The van der Waals surface area contributed by atoms with Crippen LogP contribution in [0, 0.1) is 0 Å². The molecular formula is C17H37N3O. The lowest BCUT2D eigenvalue weighted by Crippen LogP contribution is -2.49. The Morgan fingerprint density at radius 2 is 1.95 bits per heavy atom. The van der Waals surface area contributed by atoms with E-state index in [4.69, 9.17) is 0 Å².